The SMILES string of the molecule is CCc1c2c(c(C)c3ccccc13)CC=CC=C2. The molecule has 18 heavy (non-hydrogen) atoms. The van der Waals surface area contributed by atoms with Crippen LogP contribution in [0.2, 0.25) is 0 Å². The zero-order valence-electron chi connectivity index (χ0n) is 11.0. The van der Waals surface area contributed by atoms with Gasteiger partial charge in [-0.15, -0.1) is 0 Å². The van der Waals surface area contributed by atoms with Gasteiger partial charge in [-0.1, -0.05) is 55.5 Å². The van der Waals surface area contributed by atoms with E-state index < -0.39 is 0 Å². The van der Waals surface area contributed by atoms with E-state index >= 15 is 0 Å². The van der Waals surface area contributed by atoms with Crippen molar-refractivity contribution < 1.29 is 0 Å². The normalized spacial score (nSPS) is 13.7. The molecular formula is C18H18. The van der Waals surface area contributed by atoms with Crippen LogP contribution in [0.1, 0.15) is 29.2 Å². The maximum atomic E-state index is 2.27. The van der Waals surface area contributed by atoms with E-state index in [0.29, 0.717) is 0 Å². The summed E-state index contributed by atoms with van der Waals surface area (Å²) in [7, 11) is 0. The zero-order valence-corrected chi connectivity index (χ0v) is 11.0. The first-order valence-electron chi connectivity index (χ1n) is 6.69. The minimum Gasteiger partial charge on any atom is -0.0801 e. The Labute approximate surface area is 109 Å². The van der Waals surface area contributed by atoms with E-state index in [4.69, 9.17) is 0 Å². The van der Waals surface area contributed by atoms with E-state index in [0.717, 1.165) is 12.8 Å². The monoisotopic (exact) mass is 234 g/mol. The first kappa shape index (κ1) is 11.3. The van der Waals surface area contributed by atoms with E-state index in [9.17, 15) is 0 Å². The van der Waals surface area contributed by atoms with Gasteiger partial charge in [0.15, 0.2) is 0 Å². The van der Waals surface area contributed by atoms with E-state index in [1.54, 1.807) is 0 Å². The minimum atomic E-state index is 1.05. The molecule has 3 rings (SSSR count). The molecule has 0 saturated carbocycles. The van der Waals surface area contributed by atoms with Crippen molar-refractivity contribution in [1.29, 1.82) is 0 Å². The summed E-state index contributed by atoms with van der Waals surface area (Å²) >= 11 is 0. The third kappa shape index (κ3) is 1.60. The summed E-state index contributed by atoms with van der Waals surface area (Å²) < 4.78 is 0. The Kier molecular flexibility index (Phi) is 2.79. The molecule has 0 atom stereocenters. The molecule has 0 aromatic heterocycles. The van der Waals surface area contributed by atoms with Crippen molar-refractivity contribution in [3.8, 4) is 0 Å². The van der Waals surface area contributed by atoms with E-state index in [1.165, 1.54) is 33.0 Å². The van der Waals surface area contributed by atoms with Gasteiger partial charge < -0.3 is 0 Å². The standard InChI is InChI=1S/C18H18/c1-3-14-17-11-6-4-5-9-15(17)13(2)16-10-7-8-12-18(14)16/h4-8,10-12H,3,9H2,1-2H3. The number of hydrogen-bond donors (Lipinski definition) is 0. The van der Waals surface area contributed by atoms with Crippen molar-refractivity contribution in [3.63, 3.8) is 0 Å². The molecule has 2 aromatic rings. The molecule has 1 aliphatic rings. The molecule has 0 saturated heterocycles. The summed E-state index contributed by atoms with van der Waals surface area (Å²) in [6, 6.07) is 8.80. The minimum absolute atomic E-state index is 1.05. The molecule has 0 radical (unpaired) electrons. The number of aryl methyl sites for hydroxylation is 2. The summed E-state index contributed by atoms with van der Waals surface area (Å²) in [5.41, 5.74) is 5.87. The molecule has 0 amide bonds. The van der Waals surface area contributed by atoms with Crippen LogP contribution in [0.25, 0.3) is 16.8 Å². The van der Waals surface area contributed by atoms with Crippen LogP contribution >= 0.6 is 0 Å². The first-order chi connectivity index (χ1) is 8.83. The molecule has 0 heteroatoms. The fourth-order valence-electron chi connectivity index (χ4n) is 3.03. The van der Waals surface area contributed by atoms with Gasteiger partial charge in [0.25, 0.3) is 0 Å². The Hall–Kier alpha value is -1.82. The number of rotatable bonds is 1. The lowest BCUT2D eigenvalue weighted by molar-refractivity contribution is 1.12. The lowest BCUT2D eigenvalue weighted by Crippen LogP contribution is -1.99. The predicted molar refractivity (Wildman–Crippen MR) is 79.9 cm³/mol. The highest BCUT2D eigenvalue weighted by Gasteiger charge is 2.13. The fourth-order valence-corrected chi connectivity index (χ4v) is 3.03. The maximum Gasteiger partial charge on any atom is -0.00854 e. The highest BCUT2D eigenvalue weighted by Crippen LogP contribution is 2.33. The zero-order chi connectivity index (χ0) is 12.5. The van der Waals surface area contributed by atoms with Crippen LogP contribution in [0.3, 0.4) is 0 Å². The number of hydrogen-bond acceptors (Lipinski definition) is 0. The van der Waals surface area contributed by atoms with Crippen LogP contribution < -0.4 is 0 Å². The van der Waals surface area contributed by atoms with Gasteiger partial charge in [0.2, 0.25) is 0 Å². The molecule has 0 fully saturated rings. The molecule has 1 aliphatic carbocycles. The van der Waals surface area contributed by atoms with Crippen LogP contribution in [0.4, 0.5) is 0 Å². The van der Waals surface area contributed by atoms with Crippen molar-refractivity contribution in [2.24, 2.45) is 0 Å². The number of benzene rings is 2. The molecule has 0 aliphatic heterocycles. The maximum absolute atomic E-state index is 2.27. The van der Waals surface area contributed by atoms with Crippen molar-refractivity contribution in [3.05, 3.63) is 64.7 Å². The predicted octanol–water partition coefficient (Wildman–Crippen LogP) is 4.84. The lowest BCUT2D eigenvalue weighted by Gasteiger charge is -2.17. The third-order valence-corrected chi connectivity index (χ3v) is 3.94. The molecule has 0 nitrogen and oxygen atoms in total. The van der Waals surface area contributed by atoms with Gasteiger partial charge in [-0.2, -0.15) is 0 Å². The van der Waals surface area contributed by atoms with Crippen LogP contribution in [-0.4, -0.2) is 0 Å². The van der Waals surface area contributed by atoms with E-state index in [-0.39, 0.29) is 0 Å². The quantitative estimate of drug-likeness (QED) is 0.662. The van der Waals surface area contributed by atoms with E-state index in [2.05, 4.69) is 62.4 Å². The fraction of sp³-hybridized carbons (Fsp3) is 0.222. The summed E-state index contributed by atoms with van der Waals surface area (Å²) in [5, 5.41) is 2.83. The highest BCUT2D eigenvalue weighted by atomic mass is 14.2. The van der Waals surface area contributed by atoms with Crippen LogP contribution in [0.15, 0.2) is 42.5 Å². The van der Waals surface area contributed by atoms with Crippen molar-refractivity contribution in [1.82, 2.24) is 0 Å². The van der Waals surface area contributed by atoms with Crippen molar-refractivity contribution >= 4 is 16.8 Å². The van der Waals surface area contributed by atoms with Gasteiger partial charge in [-0.25, -0.2) is 0 Å². The van der Waals surface area contributed by atoms with Crippen molar-refractivity contribution in [2.75, 3.05) is 0 Å². The largest absolute Gasteiger partial charge is 0.0801 e. The number of fused-ring (bicyclic) bond motifs is 2. The Morgan fingerprint density at radius 2 is 1.83 bits per heavy atom. The lowest BCUT2D eigenvalue weighted by atomic mass is 9.87. The van der Waals surface area contributed by atoms with Crippen LogP contribution in [-0.2, 0) is 12.8 Å². The van der Waals surface area contributed by atoms with Gasteiger partial charge in [-0.3, -0.25) is 0 Å². The van der Waals surface area contributed by atoms with Crippen LogP contribution in [0.5, 0.6) is 0 Å². The van der Waals surface area contributed by atoms with Gasteiger partial charge in [-0.05, 0) is 52.8 Å². The van der Waals surface area contributed by atoms with Crippen LogP contribution in [0, 0.1) is 6.92 Å². The summed E-state index contributed by atoms with van der Waals surface area (Å²) in [5.74, 6) is 0. The molecule has 0 spiro atoms. The average Bonchev–Trinajstić information content (AvgIpc) is 2.65. The molecule has 0 heterocycles. The molecule has 2 aromatic carbocycles. The molecule has 0 bridgehead atoms. The summed E-state index contributed by atoms with van der Waals surface area (Å²) in [6.07, 6.45) is 11.0. The Balaban J connectivity index is 2.47. The highest BCUT2D eigenvalue weighted by molar-refractivity contribution is 5.93. The van der Waals surface area contributed by atoms with E-state index in [1.807, 2.05) is 0 Å². The molecular weight excluding hydrogens is 216 g/mol. The summed E-state index contributed by atoms with van der Waals surface area (Å²) in [4.78, 5) is 0. The topological polar surface area (TPSA) is 0 Å². The van der Waals surface area contributed by atoms with Gasteiger partial charge >= 0.3 is 0 Å². The van der Waals surface area contributed by atoms with Gasteiger partial charge in [0.1, 0.15) is 0 Å². The average molecular weight is 234 g/mol. The third-order valence-electron chi connectivity index (χ3n) is 3.94. The smallest absolute Gasteiger partial charge is 0.00854 e. The first-order valence-corrected chi connectivity index (χ1v) is 6.69. The second-order valence-electron chi connectivity index (χ2n) is 4.89. The van der Waals surface area contributed by atoms with Gasteiger partial charge in [0.05, 0.1) is 0 Å². The Bertz CT molecular complexity index is 657. The second kappa shape index (κ2) is 4.45. The van der Waals surface area contributed by atoms with Gasteiger partial charge in [0, 0.05) is 0 Å². The molecule has 0 unspecified atom stereocenters. The van der Waals surface area contributed by atoms with Crippen molar-refractivity contribution in [2.45, 2.75) is 26.7 Å². The number of allylic oxidation sites excluding steroid dienone is 3. The Morgan fingerprint density at radius 1 is 1.06 bits per heavy atom. The Morgan fingerprint density at radius 3 is 2.61 bits per heavy atom. The summed E-state index contributed by atoms with van der Waals surface area (Å²) in [6.45, 7) is 4.51. The molecule has 0 N–H and O–H groups in total. The molecule has 90 valence electrons. The second-order valence-corrected chi connectivity index (χ2v) is 4.89.